The maximum Gasteiger partial charge on any atom is 0.228 e. The maximum atomic E-state index is 12.0. The van der Waals surface area contributed by atoms with Crippen LogP contribution in [0.5, 0.6) is 0 Å². The molecular weight excluding hydrogens is 256 g/mol. The summed E-state index contributed by atoms with van der Waals surface area (Å²) in [6, 6.07) is 2.26. The second-order valence-corrected chi connectivity index (χ2v) is 5.57. The molecule has 3 heterocycles. The molecular formula is C14H22N4O2. The Morgan fingerprint density at radius 2 is 2.45 bits per heavy atom. The first-order valence-corrected chi connectivity index (χ1v) is 7.48. The van der Waals surface area contributed by atoms with Crippen LogP contribution in [0.3, 0.4) is 0 Å². The molecule has 1 aromatic rings. The number of aromatic nitrogens is 2. The molecule has 0 aromatic carbocycles. The zero-order valence-corrected chi connectivity index (χ0v) is 11.7. The van der Waals surface area contributed by atoms with Gasteiger partial charge in [-0.2, -0.15) is 5.10 Å². The van der Waals surface area contributed by atoms with Crippen LogP contribution in [0, 0.1) is 0 Å². The normalized spacial score (nSPS) is 26.6. The van der Waals surface area contributed by atoms with Crippen LogP contribution in [0.4, 0.5) is 5.82 Å². The molecule has 1 aromatic heterocycles. The van der Waals surface area contributed by atoms with E-state index in [4.69, 9.17) is 4.74 Å². The number of hydrogen-bond acceptors (Lipinski definition) is 4. The van der Waals surface area contributed by atoms with Crippen molar-refractivity contribution in [3.05, 3.63) is 12.3 Å². The van der Waals surface area contributed by atoms with E-state index in [1.807, 2.05) is 16.9 Å². The van der Waals surface area contributed by atoms with Crippen molar-refractivity contribution in [2.75, 3.05) is 25.0 Å². The Morgan fingerprint density at radius 1 is 1.50 bits per heavy atom. The van der Waals surface area contributed by atoms with Gasteiger partial charge < -0.3 is 15.4 Å². The van der Waals surface area contributed by atoms with E-state index in [1.165, 1.54) is 0 Å². The summed E-state index contributed by atoms with van der Waals surface area (Å²) in [6.45, 7) is 2.76. The average Bonchev–Trinajstić information content (AvgIpc) is 3.10. The van der Waals surface area contributed by atoms with Gasteiger partial charge in [0.2, 0.25) is 5.91 Å². The lowest BCUT2D eigenvalue weighted by molar-refractivity contribution is -0.119. The predicted octanol–water partition coefficient (Wildman–Crippen LogP) is 1.32. The number of ether oxygens (including phenoxy) is 1. The number of nitrogens with zero attached hydrogens (tertiary/aromatic N) is 2. The fourth-order valence-corrected chi connectivity index (χ4v) is 2.84. The van der Waals surface area contributed by atoms with Crippen molar-refractivity contribution >= 4 is 11.7 Å². The van der Waals surface area contributed by atoms with E-state index in [-0.39, 0.29) is 12.0 Å². The molecule has 0 bridgehead atoms. The van der Waals surface area contributed by atoms with Crippen LogP contribution in [-0.4, -0.2) is 41.5 Å². The highest BCUT2D eigenvalue weighted by Gasteiger charge is 2.20. The van der Waals surface area contributed by atoms with Gasteiger partial charge in [0.05, 0.1) is 18.6 Å². The molecule has 2 N–H and O–H groups in total. The van der Waals surface area contributed by atoms with Gasteiger partial charge in [-0.15, -0.1) is 0 Å². The Morgan fingerprint density at radius 3 is 3.20 bits per heavy atom. The second-order valence-electron chi connectivity index (χ2n) is 5.57. The molecule has 2 atom stereocenters. The van der Waals surface area contributed by atoms with Crippen molar-refractivity contribution in [2.45, 2.75) is 44.2 Å². The van der Waals surface area contributed by atoms with Gasteiger partial charge in [-0.3, -0.25) is 9.48 Å². The number of anilines is 1. The standard InChI is InChI=1S/C14H22N4O2/c19-14(9-12-3-1-2-8-20-12)16-13-5-7-18(17-13)11-4-6-15-10-11/h5,7,11-12,15H,1-4,6,8-10H2,(H,16,17,19)/t11-,12-/m0/s1. The van der Waals surface area contributed by atoms with Crippen LogP contribution in [0.2, 0.25) is 0 Å². The van der Waals surface area contributed by atoms with Gasteiger partial charge in [0.25, 0.3) is 0 Å². The highest BCUT2D eigenvalue weighted by atomic mass is 16.5. The number of nitrogens with one attached hydrogen (secondary N) is 2. The van der Waals surface area contributed by atoms with Crippen molar-refractivity contribution in [2.24, 2.45) is 0 Å². The smallest absolute Gasteiger partial charge is 0.228 e. The van der Waals surface area contributed by atoms with Gasteiger partial charge in [0.15, 0.2) is 5.82 Å². The van der Waals surface area contributed by atoms with Gasteiger partial charge in [-0.1, -0.05) is 0 Å². The lowest BCUT2D eigenvalue weighted by atomic mass is 10.1. The number of amides is 1. The molecule has 2 fully saturated rings. The van der Waals surface area contributed by atoms with E-state index in [1.54, 1.807) is 0 Å². The third-order valence-corrected chi connectivity index (χ3v) is 3.97. The van der Waals surface area contributed by atoms with Crippen molar-refractivity contribution in [1.82, 2.24) is 15.1 Å². The molecule has 2 saturated heterocycles. The number of carbonyl (C=O) groups excluding carboxylic acids is 1. The third kappa shape index (κ3) is 3.37. The summed E-state index contributed by atoms with van der Waals surface area (Å²) in [5, 5.41) is 10.6. The first kappa shape index (κ1) is 13.6. The minimum atomic E-state index is -0.00769. The summed E-state index contributed by atoms with van der Waals surface area (Å²) < 4.78 is 7.52. The van der Waals surface area contributed by atoms with Crippen LogP contribution in [0.15, 0.2) is 12.3 Å². The zero-order valence-electron chi connectivity index (χ0n) is 11.7. The summed E-state index contributed by atoms with van der Waals surface area (Å²) in [5.74, 6) is 0.629. The van der Waals surface area contributed by atoms with E-state index < -0.39 is 0 Å². The molecule has 6 nitrogen and oxygen atoms in total. The van der Waals surface area contributed by atoms with Crippen LogP contribution in [0.1, 0.15) is 38.1 Å². The van der Waals surface area contributed by atoms with Gasteiger partial charge in [-0.25, -0.2) is 0 Å². The van der Waals surface area contributed by atoms with Crippen LogP contribution >= 0.6 is 0 Å². The minimum Gasteiger partial charge on any atom is -0.378 e. The molecule has 20 heavy (non-hydrogen) atoms. The molecule has 0 aliphatic carbocycles. The number of rotatable bonds is 4. The molecule has 2 aliphatic heterocycles. The van der Waals surface area contributed by atoms with Crippen molar-refractivity contribution < 1.29 is 9.53 Å². The van der Waals surface area contributed by atoms with Crippen LogP contribution in [0.25, 0.3) is 0 Å². The van der Waals surface area contributed by atoms with Gasteiger partial charge >= 0.3 is 0 Å². The molecule has 6 heteroatoms. The summed E-state index contributed by atoms with van der Waals surface area (Å²) >= 11 is 0. The Hall–Kier alpha value is -1.40. The largest absolute Gasteiger partial charge is 0.378 e. The van der Waals surface area contributed by atoms with Crippen LogP contribution in [-0.2, 0) is 9.53 Å². The predicted molar refractivity (Wildman–Crippen MR) is 75.6 cm³/mol. The molecule has 1 amide bonds. The lowest BCUT2D eigenvalue weighted by Gasteiger charge is -2.21. The Balaban J connectivity index is 1.50. The average molecular weight is 278 g/mol. The topological polar surface area (TPSA) is 68.2 Å². The number of hydrogen-bond donors (Lipinski definition) is 2. The molecule has 110 valence electrons. The maximum absolute atomic E-state index is 12.0. The Bertz CT molecular complexity index is 448. The Labute approximate surface area is 118 Å². The molecule has 2 aliphatic rings. The Kier molecular flexibility index (Phi) is 4.32. The first-order chi connectivity index (χ1) is 9.81. The van der Waals surface area contributed by atoms with Crippen molar-refractivity contribution in [3.63, 3.8) is 0 Å². The minimum absolute atomic E-state index is 0.00769. The van der Waals surface area contributed by atoms with Crippen molar-refractivity contribution in [1.29, 1.82) is 0 Å². The second kappa shape index (κ2) is 6.37. The molecule has 0 spiro atoms. The zero-order chi connectivity index (χ0) is 13.8. The highest BCUT2D eigenvalue weighted by Crippen LogP contribution is 2.18. The van der Waals surface area contributed by atoms with E-state index in [2.05, 4.69) is 15.7 Å². The fourth-order valence-electron chi connectivity index (χ4n) is 2.84. The SMILES string of the molecule is O=C(C[C@@H]1CCCCO1)Nc1ccn([C@H]2CCNC2)n1. The molecule has 0 unspecified atom stereocenters. The fraction of sp³-hybridized carbons (Fsp3) is 0.714. The van der Waals surface area contributed by atoms with E-state index in [0.29, 0.717) is 18.3 Å². The lowest BCUT2D eigenvalue weighted by Crippen LogP contribution is -2.25. The third-order valence-electron chi connectivity index (χ3n) is 3.97. The van der Waals surface area contributed by atoms with Gasteiger partial charge in [-0.05, 0) is 32.2 Å². The quantitative estimate of drug-likeness (QED) is 0.871. The van der Waals surface area contributed by atoms with Crippen molar-refractivity contribution in [3.8, 4) is 0 Å². The highest BCUT2D eigenvalue weighted by molar-refractivity contribution is 5.90. The van der Waals surface area contributed by atoms with E-state index in [9.17, 15) is 4.79 Å². The van der Waals surface area contributed by atoms with Gasteiger partial charge in [0.1, 0.15) is 0 Å². The summed E-state index contributed by atoms with van der Waals surface area (Å²) in [6.07, 6.45) is 6.77. The summed E-state index contributed by atoms with van der Waals surface area (Å²) in [5.41, 5.74) is 0. The summed E-state index contributed by atoms with van der Waals surface area (Å²) in [7, 11) is 0. The molecule has 3 rings (SSSR count). The molecule has 0 radical (unpaired) electrons. The van der Waals surface area contributed by atoms with Crippen LogP contribution < -0.4 is 10.6 Å². The number of carbonyl (C=O) groups is 1. The monoisotopic (exact) mass is 278 g/mol. The molecule has 0 saturated carbocycles. The van der Waals surface area contributed by atoms with E-state index in [0.717, 1.165) is 45.4 Å². The van der Waals surface area contributed by atoms with E-state index >= 15 is 0 Å². The van der Waals surface area contributed by atoms with Gasteiger partial charge in [0, 0.05) is 25.4 Å². The summed E-state index contributed by atoms with van der Waals surface area (Å²) in [4.78, 5) is 12.0. The first-order valence-electron chi connectivity index (χ1n) is 7.48.